The number of allylic oxidation sites excluding steroid dienone is 1. The van der Waals surface area contributed by atoms with Gasteiger partial charge in [-0.25, -0.2) is 8.42 Å². The second-order valence-corrected chi connectivity index (χ2v) is 7.71. The molecule has 3 nitrogen and oxygen atoms in total. The average Bonchev–Trinajstić information content (AvgIpc) is 2.45. The predicted octanol–water partition coefficient (Wildman–Crippen LogP) is 3.42. The minimum absolute atomic E-state index is 0.207. The highest BCUT2D eigenvalue weighted by Gasteiger charge is 2.28. The Bertz CT molecular complexity index is 546. The quantitative estimate of drug-likeness (QED) is 0.617. The molecule has 0 N–H and O–H groups in total. The van der Waals surface area contributed by atoms with Crippen LogP contribution in [-0.4, -0.2) is 26.0 Å². The van der Waals surface area contributed by atoms with Gasteiger partial charge < -0.3 is 4.74 Å². The fourth-order valence-electron chi connectivity index (χ4n) is 2.50. The van der Waals surface area contributed by atoms with Crippen molar-refractivity contribution in [3.63, 3.8) is 0 Å². The molecule has 0 radical (unpaired) electrons. The van der Waals surface area contributed by atoms with Gasteiger partial charge in [-0.15, -0.1) is 0 Å². The molecule has 0 saturated carbocycles. The van der Waals surface area contributed by atoms with Gasteiger partial charge in [-0.3, -0.25) is 0 Å². The van der Waals surface area contributed by atoms with Gasteiger partial charge in [-0.2, -0.15) is 0 Å². The molecule has 1 heterocycles. The maximum absolute atomic E-state index is 11.9. The fraction of sp³-hybridized carbons (Fsp3) is 0.500. The molecule has 1 aliphatic heterocycles. The second kappa shape index (κ2) is 6.93. The summed E-state index contributed by atoms with van der Waals surface area (Å²) in [4.78, 5) is 0. The van der Waals surface area contributed by atoms with E-state index in [1.807, 2.05) is 37.3 Å². The first-order valence-electron chi connectivity index (χ1n) is 7.15. The van der Waals surface area contributed by atoms with Crippen LogP contribution >= 0.6 is 0 Å². The van der Waals surface area contributed by atoms with Crippen LogP contribution in [-0.2, 0) is 14.6 Å². The summed E-state index contributed by atoms with van der Waals surface area (Å²) in [6, 6.07) is 10.0. The molecule has 0 spiro atoms. The zero-order chi connectivity index (χ0) is 14.4. The van der Waals surface area contributed by atoms with Crippen LogP contribution in [0, 0.1) is 0 Å². The van der Waals surface area contributed by atoms with E-state index in [9.17, 15) is 8.42 Å². The first-order valence-corrected chi connectivity index (χ1v) is 8.86. The van der Waals surface area contributed by atoms with Crippen molar-refractivity contribution in [1.82, 2.24) is 0 Å². The minimum atomic E-state index is -2.88. The van der Waals surface area contributed by atoms with Gasteiger partial charge in [-0.1, -0.05) is 36.8 Å². The third kappa shape index (κ3) is 4.10. The van der Waals surface area contributed by atoms with E-state index in [1.54, 1.807) is 6.26 Å². The minimum Gasteiger partial charge on any atom is -0.501 e. The SMILES string of the molecule is C/C(=C/OCCC1CCCCS1(=O)=O)c1ccccc1. The molecule has 20 heavy (non-hydrogen) atoms. The molecule has 0 bridgehead atoms. The Hall–Kier alpha value is -1.29. The van der Waals surface area contributed by atoms with E-state index in [-0.39, 0.29) is 5.25 Å². The normalized spacial score (nSPS) is 22.4. The standard InChI is InChI=1S/C16H22O3S/c1-14(15-7-3-2-4-8-15)13-19-11-10-16-9-5-6-12-20(16,17)18/h2-4,7-8,13,16H,5-6,9-12H2,1H3/b14-13-. The molecule has 1 saturated heterocycles. The van der Waals surface area contributed by atoms with E-state index in [1.165, 1.54) is 0 Å². The lowest BCUT2D eigenvalue weighted by Crippen LogP contribution is -2.29. The number of ether oxygens (including phenoxy) is 1. The summed E-state index contributed by atoms with van der Waals surface area (Å²) in [5.41, 5.74) is 2.18. The van der Waals surface area contributed by atoms with Crippen LogP contribution in [0.4, 0.5) is 0 Å². The Balaban J connectivity index is 1.81. The molecule has 1 atom stereocenters. The first-order chi connectivity index (χ1) is 9.59. The van der Waals surface area contributed by atoms with E-state index >= 15 is 0 Å². The fourth-order valence-corrected chi connectivity index (χ4v) is 4.42. The smallest absolute Gasteiger partial charge is 0.153 e. The van der Waals surface area contributed by atoms with Crippen molar-refractivity contribution in [2.24, 2.45) is 0 Å². The Morgan fingerprint density at radius 2 is 2.05 bits per heavy atom. The van der Waals surface area contributed by atoms with Gasteiger partial charge in [0.1, 0.15) is 0 Å². The van der Waals surface area contributed by atoms with Crippen LogP contribution in [0.2, 0.25) is 0 Å². The number of benzene rings is 1. The summed E-state index contributed by atoms with van der Waals surface area (Å²) in [6.45, 7) is 2.46. The largest absolute Gasteiger partial charge is 0.501 e. The zero-order valence-electron chi connectivity index (χ0n) is 11.9. The Kier molecular flexibility index (Phi) is 5.24. The molecule has 0 aliphatic carbocycles. The lowest BCUT2D eigenvalue weighted by molar-refractivity contribution is 0.241. The lowest BCUT2D eigenvalue weighted by atomic mass is 10.1. The Morgan fingerprint density at radius 3 is 2.75 bits per heavy atom. The number of rotatable bonds is 5. The van der Waals surface area contributed by atoms with Gasteiger partial charge in [0.15, 0.2) is 9.84 Å². The van der Waals surface area contributed by atoms with E-state index in [0.29, 0.717) is 18.8 Å². The van der Waals surface area contributed by atoms with Crippen LogP contribution in [0.1, 0.15) is 38.2 Å². The Morgan fingerprint density at radius 1 is 1.30 bits per heavy atom. The molecular formula is C16H22O3S. The van der Waals surface area contributed by atoms with Crippen molar-refractivity contribution >= 4 is 15.4 Å². The predicted molar refractivity (Wildman–Crippen MR) is 82.1 cm³/mol. The molecule has 1 aromatic rings. The second-order valence-electron chi connectivity index (χ2n) is 5.31. The highest BCUT2D eigenvalue weighted by Crippen LogP contribution is 2.22. The zero-order valence-corrected chi connectivity index (χ0v) is 12.7. The van der Waals surface area contributed by atoms with Crippen molar-refractivity contribution in [2.75, 3.05) is 12.4 Å². The third-order valence-electron chi connectivity index (χ3n) is 3.76. The average molecular weight is 294 g/mol. The monoisotopic (exact) mass is 294 g/mol. The van der Waals surface area contributed by atoms with Gasteiger partial charge in [0.2, 0.25) is 0 Å². The van der Waals surface area contributed by atoms with Crippen LogP contribution in [0.3, 0.4) is 0 Å². The maximum atomic E-state index is 11.9. The highest BCUT2D eigenvalue weighted by atomic mass is 32.2. The lowest BCUT2D eigenvalue weighted by Gasteiger charge is -2.21. The van der Waals surface area contributed by atoms with Crippen molar-refractivity contribution in [1.29, 1.82) is 0 Å². The molecule has 4 heteroatoms. The van der Waals surface area contributed by atoms with Crippen LogP contribution in [0.15, 0.2) is 36.6 Å². The molecule has 2 rings (SSSR count). The van der Waals surface area contributed by atoms with Gasteiger partial charge in [0, 0.05) is 0 Å². The molecule has 110 valence electrons. The summed E-state index contributed by atoms with van der Waals surface area (Å²) in [7, 11) is -2.88. The van der Waals surface area contributed by atoms with Gasteiger partial charge >= 0.3 is 0 Å². The summed E-state index contributed by atoms with van der Waals surface area (Å²) < 4.78 is 29.2. The van der Waals surface area contributed by atoms with Crippen molar-refractivity contribution in [3.05, 3.63) is 42.2 Å². The summed E-state index contributed by atoms with van der Waals surface area (Å²) in [6.07, 6.45) is 4.94. The van der Waals surface area contributed by atoms with Gasteiger partial charge in [0.25, 0.3) is 0 Å². The van der Waals surface area contributed by atoms with E-state index in [0.717, 1.165) is 30.4 Å². The number of hydrogen-bond acceptors (Lipinski definition) is 3. The van der Waals surface area contributed by atoms with E-state index < -0.39 is 9.84 Å². The van der Waals surface area contributed by atoms with Crippen LogP contribution in [0.5, 0.6) is 0 Å². The summed E-state index contributed by atoms with van der Waals surface area (Å²) >= 11 is 0. The van der Waals surface area contributed by atoms with Crippen molar-refractivity contribution in [3.8, 4) is 0 Å². The third-order valence-corrected chi connectivity index (χ3v) is 6.10. The Labute approximate surface area is 121 Å². The molecule has 1 aromatic carbocycles. The molecule has 0 amide bonds. The van der Waals surface area contributed by atoms with E-state index in [2.05, 4.69) is 0 Å². The van der Waals surface area contributed by atoms with Gasteiger partial charge in [-0.05, 0) is 37.3 Å². The molecule has 1 fully saturated rings. The van der Waals surface area contributed by atoms with Crippen molar-refractivity contribution < 1.29 is 13.2 Å². The van der Waals surface area contributed by atoms with Crippen LogP contribution in [0.25, 0.3) is 5.57 Å². The van der Waals surface area contributed by atoms with Gasteiger partial charge in [0.05, 0.1) is 23.9 Å². The molecular weight excluding hydrogens is 272 g/mol. The first kappa shape index (κ1) is 15.1. The maximum Gasteiger partial charge on any atom is 0.153 e. The van der Waals surface area contributed by atoms with E-state index in [4.69, 9.17) is 4.74 Å². The number of hydrogen-bond donors (Lipinski definition) is 0. The highest BCUT2D eigenvalue weighted by molar-refractivity contribution is 7.92. The molecule has 0 aromatic heterocycles. The van der Waals surface area contributed by atoms with Crippen LogP contribution < -0.4 is 0 Å². The molecule has 1 aliphatic rings. The molecule has 1 unspecified atom stereocenters. The van der Waals surface area contributed by atoms with Crippen molar-refractivity contribution in [2.45, 2.75) is 37.9 Å². The summed E-state index contributed by atoms with van der Waals surface area (Å²) in [5.74, 6) is 0.344. The summed E-state index contributed by atoms with van der Waals surface area (Å²) in [5, 5.41) is -0.207. The topological polar surface area (TPSA) is 43.4 Å². The number of sulfone groups is 1.